The van der Waals surface area contributed by atoms with Crippen LogP contribution in [0.4, 0.5) is 0 Å². The van der Waals surface area contributed by atoms with Crippen LogP contribution in [0.25, 0.3) is 0 Å². The number of nitrogens with one attached hydrogen (secondary N) is 1. The monoisotopic (exact) mass is 350 g/mol. The second-order valence-corrected chi connectivity index (χ2v) is 5.68. The van der Waals surface area contributed by atoms with E-state index in [2.05, 4.69) is 10.1 Å². The second kappa shape index (κ2) is 10.3. The lowest BCUT2D eigenvalue weighted by Gasteiger charge is -2.23. The molecular formula is C18H26N2O5. The average Bonchev–Trinajstić information content (AvgIpc) is 2.58. The molecule has 0 aliphatic carbocycles. The van der Waals surface area contributed by atoms with Crippen molar-refractivity contribution < 1.29 is 23.9 Å². The molecule has 0 bridgehead atoms. The van der Waals surface area contributed by atoms with Gasteiger partial charge in [-0.3, -0.25) is 14.4 Å². The van der Waals surface area contributed by atoms with Crippen molar-refractivity contribution in [2.24, 2.45) is 0 Å². The van der Waals surface area contributed by atoms with E-state index in [1.54, 1.807) is 0 Å². The van der Waals surface area contributed by atoms with E-state index in [-0.39, 0.29) is 31.4 Å². The number of aryl methyl sites for hydroxylation is 1. The number of ether oxygens (including phenoxy) is 2. The normalized spacial score (nSPS) is 10.1. The molecule has 0 saturated heterocycles. The minimum atomic E-state index is -0.396. The molecule has 1 aromatic rings. The van der Waals surface area contributed by atoms with E-state index in [0.717, 1.165) is 11.1 Å². The SMILES string of the molecule is COC(=O)CCN(CCNC(C)=O)C(=O)COc1cccc(C)c1C. The van der Waals surface area contributed by atoms with Gasteiger partial charge < -0.3 is 19.7 Å². The Bertz CT molecular complexity index is 615. The van der Waals surface area contributed by atoms with Gasteiger partial charge in [-0.2, -0.15) is 0 Å². The van der Waals surface area contributed by atoms with E-state index < -0.39 is 5.97 Å². The minimum Gasteiger partial charge on any atom is -0.483 e. The quantitative estimate of drug-likeness (QED) is 0.677. The predicted octanol–water partition coefficient (Wildman–Crippen LogP) is 1.21. The van der Waals surface area contributed by atoms with E-state index in [9.17, 15) is 14.4 Å². The first-order valence-electron chi connectivity index (χ1n) is 8.13. The summed E-state index contributed by atoms with van der Waals surface area (Å²) in [6.45, 7) is 6.00. The van der Waals surface area contributed by atoms with E-state index in [1.807, 2.05) is 32.0 Å². The van der Waals surface area contributed by atoms with Crippen molar-refractivity contribution in [3.05, 3.63) is 29.3 Å². The molecule has 1 N–H and O–H groups in total. The molecule has 7 nitrogen and oxygen atoms in total. The number of hydrogen-bond donors (Lipinski definition) is 1. The molecule has 7 heteroatoms. The highest BCUT2D eigenvalue weighted by Crippen LogP contribution is 2.20. The number of carbonyl (C=O) groups is 3. The Morgan fingerprint density at radius 2 is 1.88 bits per heavy atom. The summed E-state index contributed by atoms with van der Waals surface area (Å²) in [6.07, 6.45) is 0.0891. The standard InChI is InChI=1S/C18H26N2O5/c1-13-6-5-7-16(14(13)2)25-12-17(22)20(10-8-18(23)24-4)11-9-19-15(3)21/h5-7H,8-12H2,1-4H3,(H,19,21). The fourth-order valence-corrected chi connectivity index (χ4v) is 2.17. The zero-order chi connectivity index (χ0) is 18.8. The van der Waals surface area contributed by atoms with Gasteiger partial charge in [-0.15, -0.1) is 0 Å². The number of benzene rings is 1. The highest BCUT2D eigenvalue weighted by molar-refractivity contribution is 5.79. The highest BCUT2D eigenvalue weighted by atomic mass is 16.5. The van der Waals surface area contributed by atoms with Crippen molar-refractivity contribution in [2.45, 2.75) is 27.2 Å². The molecule has 1 aromatic carbocycles. The summed E-state index contributed by atoms with van der Waals surface area (Å²) in [5.74, 6) is -0.168. The number of carbonyl (C=O) groups excluding carboxylic acids is 3. The third-order valence-corrected chi connectivity index (χ3v) is 3.83. The maximum absolute atomic E-state index is 12.4. The van der Waals surface area contributed by atoms with Crippen molar-refractivity contribution in [3.63, 3.8) is 0 Å². The van der Waals surface area contributed by atoms with Crippen LogP contribution in [0.1, 0.15) is 24.5 Å². The van der Waals surface area contributed by atoms with E-state index in [4.69, 9.17) is 4.74 Å². The van der Waals surface area contributed by atoms with Crippen LogP contribution in [0.5, 0.6) is 5.75 Å². The fraction of sp³-hybridized carbons (Fsp3) is 0.500. The summed E-state index contributed by atoms with van der Waals surface area (Å²) in [6, 6.07) is 5.65. The Labute approximate surface area is 148 Å². The molecule has 0 fully saturated rings. The predicted molar refractivity (Wildman–Crippen MR) is 93.3 cm³/mol. The lowest BCUT2D eigenvalue weighted by atomic mass is 10.1. The largest absolute Gasteiger partial charge is 0.483 e. The van der Waals surface area contributed by atoms with E-state index in [1.165, 1.54) is 18.9 Å². The van der Waals surface area contributed by atoms with Crippen LogP contribution in [-0.4, -0.2) is 56.0 Å². The third kappa shape index (κ3) is 7.24. The van der Waals surface area contributed by atoms with Crippen molar-refractivity contribution in [1.82, 2.24) is 10.2 Å². The van der Waals surface area contributed by atoms with Crippen LogP contribution in [-0.2, 0) is 19.1 Å². The Balaban J connectivity index is 2.64. The Morgan fingerprint density at radius 1 is 1.16 bits per heavy atom. The van der Waals surface area contributed by atoms with E-state index >= 15 is 0 Å². The van der Waals surface area contributed by atoms with Gasteiger partial charge in [-0.1, -0.05) is 12.1 Å². The first-order valence-corrected chi connectivity index (χ1v) is 8.13. The molecule has 0 aliphatic heterocycles. The molecule has 0 aromatic heterocycles. The highest BCUT2D eigenvalue weighted by Gasteiger charge is 2.16. The molecule has 2 amide bonds. The Kier molecular flexibility index (Phi) is 8.46. The third-order valence-electron chi connectivity index (χ3n) is 3.83. The molecule has 25 heavy (non-hydrogen) atoms. The van der Waals surface area contributed by atoms with Gasteiger partial charge in [-0.25, -0.2) is 0 Å². The number of rotatable bonds is 9. The summed E-state index contributed by atoms with van der Waals surface area (Å²) in [5, 5.41) is 2.63. The first-order chi connectivity index (χ1) is 11.8. The molecule has 0 unspecified atom stereocenters. The number of methoxy groups -OCH3 is 1. The van der Waals surface area contributed by atoms with Gasteiger partial charge in [0.15, 0.2) is 6.61 Å². The van der Waals surface area contributed by atoms with Crippen molar-refractivity contribution in [3.8, 4) is 5.75 Å². The topological polar surface area (TPSA) is 84.9 Å². The van der Waals surface area contributed by atoms with Gasteiger partial charge in [0.2, 0.25) is 5.91 Å². The van der Waals surface area contributed by atoms with Gasteiger partial charge in [-0.05, 0) is 31.0 Å². The molecule has 138 valence electrons. The van der Waals surface area contributed by atoms with Gasteiger partial charge in [0.1, 0.15) is 5.75 Å². The van der Waals surface area contributed by atoms with Crippen molar-refractivity contribution >= 4 is 17.8 Å². The van der Waals surface area contributed by atoms with Crippen molar-refractivity contribution in [2.75, 3.05) is 33.4 Å². The number of amides is 2. The molecule has 0 atom stereocenters. The minimum absolute atomic E-state index is 0.0891. The summed E-state index contributed by atoms with van der Waals surface area (Å²) in [5.41, 5.74) is 2.06. The molecule has 1 rings (SSSR count). The van der Waals surface area contributed by atoms with Crippen molar-refractivity contribution in [1.29, 1.82) is 0 Å². The summed E-state index contributed by atoms with van der Waals surface area (Å²) < 4.78 is 10.2. The lowest BCUT2D eigenvalue weighted by molar-refractivity contribution is -0.142. The second-order valence-electron chi connectivity index (χ2n) is 5.68. The molecule has 0 saturated carbocycles. The van der Waals surface area contributed by atoms with Crippen LogP contribution >= 0.6 is 0 Å². The maximum atomic E-state index is 12.4. The Morgan fingerprint density at radius 3 is 2.52 bits per heavy atom. The van der Waals surface area contributed by atoms with Gasteiger partial charge in [0, 0.05) is 26.6 Å². The zero-order valence-electron chi connectivity index (χ0n) is 15.3. The van der Waals surface area contributed by atoms with Crippen LogP contribution in [0.3, 0.4) is 0 Å². The van der Waals surface area contributed by atoms with Gasteiger partial charge >= 0.3 is 5.97 Å². The van der Waals surface area contributed by atoms with Crippen LogP contribution in [0, 0.1) is 13.8 Å². The molecule has 0 aliphatic rings. The summed E-state index contributed by atoms with van der Waals surface area (Å²) in [7, 11) is 1.30. The molecule has 0 spiro atoms. The maximum Gasteiger partial charge on any atom is 0.307 e. The Hall–Kier alpha value is -2.57. The van der Waals surface area contributed by atoms with Gasteiger partial charge in [0.25, 0.3) is 5.91 Å². The summed E-state index contributed by atoms with van der Waals surface area (Å²) in [4.78, 5) is 36.2. The lowest BCUT2D eigenvalue weighted by Crippen LogP contribution is -2.41. The first kappa shape index (κ1) is 20.5. The summed E-state index contributed by atoms with van der Waals surface area (Å²) >= 11 is 0. The molecule has 0 radical (unpaired) electrons. The number of nitrogens with zero attached hydrogens (tertiary/aromatic N) is 1. The molecule has 0 heterocycles. The zero-order valence-corrected chi connectivity index (χ0v) is 15.3. The number of hydrogen-bond acceptors (Lipinski definition) is 5. The van der Waals surface area contributed by atoms with Crippen LogP contribution < -0.4 is 10.1 Å². The fourth-order valence-electron chi connectivity index (χ4n) is 2.17. The van der Waals surface area contributed by atoms with Crippen LogP contribution in [0.2, 0.25) is 0 Å². The smallest absolute Gasteiger partial charge is 0.307 e. The average molecular weight is 350 g/mol. The van der Waals surface area contributed by atoms with Crippen LogP contribution in [0.15, 0.2) is 18.2 Å². The molecular weight excluding hydrogens is 324 g/mol. The number of esters is 1. The van der Waals surface area contributed by atoms with Gasteiger partial charge in [0.05, 0.1) is 13.5 Å². The van der Waals surface area contributed by atoms with E-state index in [0.29, 0.717) is 18.8 Å².